The Labute approximate surface area is 242 Å². The molecule has 6 heteroatoms. The van der Waals surface area contributed by atoms with Gasteiger partial charge in [0.05, 0.1) is 0 Å². The Kier molecular flexibility index (Phi) is 7.99. The molecule has 0 aliphatic carbocycles. The highest BCUT2D eigenvalue weighted by molar-refractivity contribution is 6.09. The summed E-state index contributed by atoms with van der Waals surface area (Å²) >= 11 is 0. The second-order valence-corrected chi connectivity index (χ2v) is 9.73. The van der Waals surface area contributed by atoms with Crippen LogP contribution in [0.1, 0.15) is 31.8 Å². The van der Waals surface area contributed by atoms with Crippen molar-refractivity contribution in [2.75, 3.05) is 0 Å². The molecule has 0 aliphatic rings. The maximum Gasteiger partial charge on any atom is 0.174 e. The van der Waals surface area contributed by atoms with Crippen molar-refractivity contribution in [2.45, 2.75) is 13.2 Å². The van der Waals surface area contributed by atoms with E-state index < -0.39 is 0 Å². The number of fused-ring (bicyclic) bond motifs is 2. The molecule has 0 fully saturated rings. The lowest BCUT2D eigenvalue weighted by Crippen LogP contribution is -2.03. The summed E-state index contributed by atoms with van der Waals surface area (Å²) in [7, 11) is 0. The molecule has 0 unspecified atom stereocenters. The first-order chi connectivity index (χ1) is 20.7. The van der Waals surface area contributed by atoms with E-state index in [9.17, 15) is 9.59 Å². The molecule has 0 atom stereocenters. The maximum atomic E-state index is 11.0. The third-order valence-electron chi connectivity index (χ3n) is 7.01. The SMILES string of the molecule is O=Cc1ccc(COOc2ccc3ccccc3c2-c2c(OOCc3ccc(C=O)cc3)ccc3ccccc23)cc1. The topological polar surface area (TPSA) is 71.1 Å². The Balaban J connectivity index is 1.37. The fourth-order valence-electron chi connectivity index (χ4n) is 4.86. The number of aldehydes is 2. The quantitative estimate of drug-likeness (QED) is 0.0911. The van der Waals surface area contributed by atoms with E-state index in [4.69, 9.17) is 19.6 Å². The van der Waals surface area contributed by atoms with Crippen LogP contribution in [0.5, 0.6) is 11.5 Å². The predicted octanol–water partition coefficient (Wildman–Crippen LogP) is 8.31. The van der Waals surface area contributed by atoms with Crippen LogP contribution in [0.3, 0.4) is 0 Å². The van der Waals surface area contributed by atoms with Crippen LogP contribution in [0.4, 0.5) is 0 Å². The van der Waals surface area contributed by atoms with Gasteiger partial charge >= 0.3 is 0 Å². The highest BCUT2D eigenvalue weighted by atomic mass is 17.2. The molecule has 0 saturated heterocycles. The molecule has 42 heavy (non-hydrogen) atoms. The van der Waals surface area contributed by atoms with E-state index in [2.05, 4.69) is 0 Å². The van der Waals surface area contributed by atoms with E-state index in [1.165, 1.54) is 0 Å². The lowest BCUT2D eigenvalue weighted by Gasteiger charge is -2.18. The van der Waals surface area contributed by atoms with Gasteiger partial charge in [-0.15, -0.1) is 0 Å². The van der Waals surface area contributed by atoms with Crippen molar-refractivity contribution in [3.63, 3.8) is 0 Å². The second-order valence-electron chi connectivity index (χ2n) is 9.73. The molecule has 0 radical (unpaired) electrons. The van der Waals surface area contributed by atoms with Crippen molar-refractivity contribution in [1.29, 1.82) is 0 Å². The Morgan fingerprint density at radius 3 is 1.26 bits per heavy atom. The van der Waals surface area contributed by atoms with Crippen LogP contribution in [-0.4, -0.2) is 12.6 Å². The zero-order chi connectivity index (χ0) is 28.7. The normalized spacial score (nSPS) is 11.0. The average molecular weight is 555 g/mol. The minimum Gasteiger partial charge on any atom is -0.337 e. The second kappa shape index (κ2) is 12.5. The van der Waals surface area contributed by atoms with E-state index in [-0.39, 0.29) is 13.2 Å². The van der Waals surface area contributed by atoms with E-state index >= 15 is 0 Å². The van der Waals surface area contributed by atoms with Crippen LogP contribution in [-0.2, 0) is 23.0 Å². The summed E-state index contributed by atoms with van der Waals surface area (Å²) in [5.74, 6) is 1.03. The van der Waals surface area contributed by atoms with Gasteiger partial charge in [0.15, 0.2) is 11.5 Å². The van der Waals surface area contributed by atoms with Gasteiger partial charge in [0.25, 0.3) is 0 Å². The molecule has 206 valence electrons. The van der Waals surface area contributed by atoms with Crippen LogP contribution in [0.25, 0.3) is 32.7 Å². The van der Waals surface area contributed by atoms with Crippen LogP contribution < -0.4 is 9.78 Å². The Bertz CT molecular complexity index is 1720. The average Bonchev–Trinajstić information content (AvgIpc) is 3.05. The van der Waals surface area contributed by atoms with Gasteiger partial charge in [-0.1, -0.05) is 109 Å². The zero-order valence-corrected chi connectivity index (χ0v) is 22.6. The van der Waals surface area contributed by atoms with Crippen LogP contribution in [0.2, 0.25) is 0 Å². The Morgan fingerprint density at radius 1 is 0.452 bits per heavy atom. The van der Waals surface area contributed by atoms with Gasteiger partial charge in [-0.05, 0) is 44.8 Å². The van der Waals surface area contributed by atoms with Crippen molar-refractivity contribution in [1.82, 2.24) is 0 Å². The lowest BCUT2D eigenvalue weighted by atomic mass is 9.92. The van der Waals surface area contributed by atoms with Crippen molar-refractivity contribution in [2.24, 2.45) is 0 Å². The Morgan fingerprint density at radius 2 is 0.857 bits per heavy atom. The van der Waals surface area contributed by atoms with E-state index in [1.54, 1.807) is 24.3 Å². The number of carbonyl (C=O) groups is 2. The molecule has 6 aromatic carbocycles. The fraction of sp³-hybridized carbons (Fsp3) is 0.0556. The van der Waals surface area contributed by atoms with Crippen molar-refractivity contribution >= 4 is 34.1 Å². The largest absolute Gasteiger partial charge is 0.337 e. The number of benzene rings is 6. The van der Waals surface area contributed by atoms with Crippen molar-refractivity contribution < 1.29 is 29.1 Å². The third kappa shape index (κ3) is 5.76. The predicted molar refractivity (Wildman–Crippen MR) is 161 cm³/mol. The van der Waals surface area contributed by atoms with Gasteiger partial charge in [-0.3, -0.25) is 9.59 Å². The van der Waals surface area contributed by atoms with Crippen LogP contribution >= 0.6 is 0 Å². The minimum absolute atomic E-state index is 0.191. The highest BCUT2D eigenvalue weighted by Gasteiger charge is 2.20. The molecule has 0 amide bonds. The van der Waals surface area contributed by atoms with E-state index in [1.807, 2.05) is 97.1 Å². The van der Waals surface area contributed by atoms with Crippen LogP contribution in [0, 0.1) is 0 Å². The van der Waals surface area contributed by atoms with Gasteiger partial charge < -0.3 is 9.78 Å². The monoisotopic (exact) mass is 554 g/mol. The van der Waals surface area contributed by atoms with Crippen molar-refractivity contribution in [3.05, 3.63) is 144 Å². The summed E-state index contributed by atoms with van der Waals surface area (Å²) < 4.78 is 0. The number of rotatable bonds is 11. The molecule has 6 aromatic rings. The molecule has 0 saturated carbocycles. The van der Waals surface area contributed by atoms with Gasteiger partial charge in [0.1, 0.15) is 25.8 Å². The van der Waals surface area contributed by atoms with E-state index in [0.29, 0.717) is 22.6 Å². The molecule has 6 rings (SSSR count). The molecule has 0 bridgehead atoms. The van der Waals surface area contributed by atoms with Crippen molar-refractivity contribution in [3.8, 4) is 22.6 Å². The molecular formula is C36H26O6. The molecule has 0 N–H and O–H groups in total. The molecule has 0 aromatic heterocycles. The first-order valence-electron chi connectivity index (χ1n) is 13.4. The maximum absolute atomic E-state index is 11.0. The fourth-order valence-corrected chi connectivity index (χ4v) is 4.86. The zero-order valence-electron chi connectivity index (χ0n) is 22.6. The Hall–Kier alpha value is -5.30. The summed E-state index contributed by atoms with van der Waals surface area (Å²) in [5, 5.41) is 3.97. The molecule has 0 aliphatic heterocycles. The molecular weight excluding hydrogens is 528 g/mol. The summed E-state index contributed by atoms with van der Waals surface area (Å²) in [4.78, 5) is 45.3. The van der Waals surface area contributed by atoms with Gasteiger partial charge in [0, 0.05) is 22.3 Å². The summed E-state index contributed by atoms with van der Waals surface area (Å²) in [5.41, 5.74) is 4.53. The first-order valence-corrected chi connectivity index (χ1v) is 13.4. The summed E-state index contributed by atoms with van der Waals surface area (Å²) in [6.45, 7) is 0.382. The van der Waals surface area contributed by atoms with Gasteiger partial charge in [0.2, 0.25) is 0 Å². The smallest absolute Gasteiger partial charge is 0.174 e. The first kappa shape index (κ1) is 26.9. The molecule has 0 spiro atoms. The molecule has 0 heterocycles. The third-order valence-corrected chi connectivity index (χ3v) is 7.01. The highest BCUT2D eigenvalue weighted by Crippen LogP contribution is 2.45. The van der Waals surface area contributed by atoms with Gasteiger partial charge in [-0.2, -0.15) is 9.78 Å². The number of carbonyl (C=O) groups excluding carboxylic acids is 2. The number of hydrogen-bond donors (Lipinski definition) is 0. The lowest BCUT2D eigenvalue weighted by molar-refractivity contribution is -0.218. The standard InChI is InChI=1S/C36H26O6/c37-21-25-9-13-27(14-10-25)23-39-41-33-19-17-29-5-1-3-7-31(29)35(33)36-32-8-4-2-6-30(32)18-20-34(36)42-40-24-28-15-11-26(22-38)12-16-28/h1-22H,23-24H2. The van der Waals surface area contributed by atoms with E-state index in [0.717, 1.165) is 56.4 Å². The van der Waals surface area contributed by atoms with Crippen LogP contribution in [0.15, 0.2) is 121 Å². The summed E-state index contributed by atoms with van der Waals surface area (Å²) in [6.07, 6.45) is 1.61. The summed E-state index contributed by atoms with van der Waals surface area (Å²) in [6, 6.07) is 38.1. The van der Waals surface area contributed by atoms with Gasteiger partial charge in [-0.25, -0.2) is 0 Å². The minimum atomic E-state index is 0.191. The number of hydrogen-bond acceptors (Lipinski definition) is 6. The molecule has 6 nitrogen and oxygen atoms in total.